The summed E-state index contributed by atoms with van der Waals surface area (Å²) >= 11 is 0. The maximum Gasteiger partial charge on any atom is 0.335 e. The van der Waals surface area contributed by atoms with E-state index in [0.717, 1.165) is 17.0 Å². The smallest absolute Gasteiger partial charge is 0.335 e. The molecule has 0 aliphatic heterocycles. The molecule has 5 heteroatoms. The minimum atomic E-state index is -0.946. The van der Waals surface area contributed by atoms with Crippen molar-refractivity contribution in [3.8, 4) is 0 Å². The third kappa shape index (κ3) is 3.35. The fourth-order valence-corrected chi connectivity index (χ4v) is 1.62. The van der Waals surface area contributed by atoms with Gasteiger partial charge in [-0.3, -0.25) is 5.43 Å². The van der Waals surface area contributed by atoms with E-state index >= 15 is 0 Å². The lowest BCUT2D eigenvalue weighted by Gasteiger charge is -2.04. The van der Waals surface area contributed by atoms with Gasteiger partial charge in [0.05, 0.1) is 17.0 Å². The normalized spacial score (nSPS) is 11.2. The van der Waals surface area contributed by atoms with Gasteiger partial charge in [0.25, 0.3) is 0 Å². The molecule has 0 heterocycles. The molecular weight excluding hydrogens is 254 g/mol. The first kappa shape index (κ1) is 13.6. The molecule has 0 bridgehead atoms. The molecule has 5 nitrogen and oxygen atoms in total. The maximum atomic E-state index is 10.7. The van der Waals surface area contributed by atoms with Crippen molar-refractivity contribution in [1.82, 2.24) is 0 Å². The number of nitrogen functional groups attached to an aromatic ring is 1. The van der Waals surface area contributed by atoms with Crippen molar-refractivity contribution < 1.29 is 9.90 Å². The molecule has 0 unspecified atom stereocenters. The van der Waals surface area contributed by atoms with Crippen LogP contribution in [0.25, 0.3) is 0 Å². The van der Waals surface area contributed by atoms with E-state index in [0.29, 0.717) is 5.69 Å². The Hall–Kier alpha value is -2.82. The molecule has 0 spiro atoms. The number of nitrogens with zero attached hydrogens (tertiary/aromatic N) is 1. The highest BCUT2D eigenvalue weighted by molar-refractivity contribution is 5.99. The molecule has 0 saturated heterocycles. The molecule has 2 rings (SSSR count). The quantitative estimate of drug-likeness (QED) is 0.452. The van der Waals surface area contributed by atoms with E-state index in [1.54, 1.807) is 12.1 Å². The van der Waals surface area contributed by atoms with Crippen LogP contribution in [-0.2, 0) is 0 Å². The van der Waals surface area contributed by atoms with Gasteiger partial charge in [-0.1, -0.05) is 12.1 Å². The van der Waals surface area contributed by atoms with Crippen molar-refractivity contribution in [3.63, 3.8) is 0 Å². The number of aromatic carboxylic acids is 1. The Morgan fingerprint density at radius 2 is 1.60 bits per heavy atom. The Bertz CT molecular complexity index is 631. The predicted octanol–water partition coefficient (Wildman–Crippen LogP) is 2.80. The van der Waals surface area contributed by atoms with Crippen LogP contribution in [0.3, 0.4) is 0 Å². The number of carbonyl (C=O) groups is 1. The SMILES string of the molecule is CC(=NNc1ccc(C(=O)O)cc1)c1ccc(N)cc1. The Morgan fingerprint density at radius 1 is 1.05 bits per heavy atom. The highest BCUT2D eigenvalue weighted by Gasteiger charge is 2.01. The molecule has 20 heavy (non-hydrogen) atoms. The molecule has 4 N–H and O–H groups in total. The fourth-order valence-electron chi connectivity index (χ4n) is 1.62. The number of benzene rings is 2. The van der Waals surface area contributed by atoms with Crippen LogP contribution in [0.5, 0.6) is 0 Å². The zero-order valence-corrected chi connectivity index (χ0v) is 11.0. The number of carboxylic acid groups (broad SMARTS) is 1. The van der Waals surface area contributed by atoms with Crippen molar-refractivity contribution in [2.45, 2.75) is 6.92 Å². The number of rotatable bonds is 4. The first-order chi connectivity index (χ1) is 9.56. The van der Waals surface area contributed by atoms with E-state index in [2.05, 4.69) is 10.5 Å². The van der Waals surface area contributed by atoms with Crippen LogP contribution in [0.2, 0.25) is 0 Å². The number of carboxylic acids is 1. The summed E-state index contributed by atoms with van der Waals surface area (Å²) in [4.78, 5) is 10.7. The van der Waals surface area contributed by atoms with Crippen LogP contribution < -0.4 is 11.2 Å². The van der Waals surface area contributed by atoms with Gasteiger partial charge in [-0.15, -0.1) is 0 Å². The second kappa shape index (κ2) is 5.88. The highest BCUT2D eigenvalue weighted by Crippen LogP contribution is 2.11. The summed E-state index contributed by atoms with van der Waals surface area (Å²) in [5.41, 5.74) is 12.0. The molecule has 0 radical (unpaired) electrons. The van der Waals surface area contributed by atoms with Crippen LogP contribution in [-0.4, -0.2) is 16.8 Å². The number of nitrogens with two attached hydrogens (primary N) is 1. The summed E-state index contributed by atoms with van der Waals surface area (Å²) in [5, 5.41) is 13.1. The lowest BCUT2D eigenvalue weighted by Crippen LogP contribution is -2.00. The van der Waals surface area contributed by atoms with Crippen LogP contribution in [0.15, 0.2) is 53.6 Å². The van der Waals surface area contributed by atoms with E-state index in [1.165, 1.54) is 12.1 Å². The molecule has 0 fully saturated rings. The van der Waals surface area contributed by atoms with E-state index < -0.39 is 5.97 Å². The van der Waals surface area contributed by atoms with E-state index in [9.17, 15) is 4.79 Å². The van der Waals surface area contributed by atoms with Crippen molar-refractivity contribution in [1.29, 1.82) is 0 Å². The van der Waals surface area contributed by atoms with Crippen molar-refractivity contribution in [3.05, 3.63) is 59.7 Å². The summed E-state index contributed by atoms with van der Waals surface area (Å²) in [6.45, 7) is 1.88. The van der Waals surface area contributed by atoms with Gasteiger partial charge in [0, 0.05) is 5.69 Å². The van der Waals surface area contributed by atoms with Crippen molar-refractivity contribution >= 4 is 23.1 Å². The molecule has 2 aromatic carbocycles. The van der Waals surface area contributed by atoms with E-state index in [1.807, 2.05) is 31.2 Å². The first-order valence-corrected chi connectivity index (χ1v) is 6.06. The van der Waals surface area contributed by atoms with Gasteiger partial charge in [-0.2, -0.15) is 5.10 Å². The van der Waals surface area contributed by atoms with Gasteiger partial charge in [0.15, 0.2) is 0 Å². The Morgan fingerprint density at radius 3 is 2.15 bits per heavy atom. The minimum Gasteiger partial charge on any atom is -0.478 e. The van der Waals surface area contributed by atoms with Crippen LogP contribution in [0.1, 0.15) is 22.8 Å². The second-order valence-corrected chi connectivity index (χ2v) is 4.31. The second-order valence-electron chi connectivity index (χ2n) is 4.31. The molecule has 0 atom stereocenters. The topological polar surface area (TPSA) is 87.7 Å². The molecule has 0 saturated carbocycles. The lowest BCUT2D eigenvalue weighted by atomic mass is 10.1. The molecule has 2 aromatic rings. The molecule has 0 aliphatic carbocycles. The van der Waals surface area contributed by atoms with Gasteiger partial charge in [-0.25, -0.2) is 4.79 Å². The van der Waals surface area contributed by atoms with Crippen LogP contribution in [0.4, 0.5) is 11.4 Å². The number of anilines is 2. The largest absolute Gasteiger partial charge is 0.478 e. The fraction of sp³-hybridized carbons (Fsp3) is 0.0667. The minimum absolute atomic E-state index is 0.245. The average Bonchev–Trinajstić information content (AvgIpc) is 2.46. The molecular formula is C15H15N3O2. The average molecular weight is 269 g/mol. The van der Waals surface area contributed by atoms with Crippen molar-refractivity contribution in [2.75, 3.05) is 11.2 Å². The number of nitrogens with one attached hydrogen (secondary N) is 1. The Kier molecular flexibility index (Phi) is 4.00. The van der Waals surface area contributed by atoms with Crippen molar-refractivity contribution in [2.24, 2.45) is 5.10 Å². The Labute approximate surface area is 116 Å². The number of hydrogen-bond donors (Lipinski definition) is 3. The monoisotopic (exact) mass is 269 g/mol. The summed E-state index contributed by atoms with van der Waals surface area (Å²) < 4.78 is 0. The molecule has 102 valence electrons. The van der Waals surface area contributed by atoms with Gasteiger partial charge in [0.1, 0.15) is 0 Å². The Balaban J connectivity index is 2.08. The summed E-state index contributed by atoms with van der Waals surface area (Å²) in [6, 6.07) is 13.8. The zero-order chi connectivity index (χ0) is 14.5. The molecule has 0 aliphatic rings. The standard InChI is InChI=1S/C15H15N3O2/c1-10(11-2-6-13(16)7-3-11)17-18-14-8-4-12(5-9-14)15(19)20/h2-9,18H,16H2,1H3,(H,19,20). The van der Waals surface area contributed by atoms with Gasteiger partial charge in [0.2, 0.25) is 0 Å². The zero-order valence-electron chi connectivity index (χ0n) is 11.0. The maximum absolute atomic E-state index is 10.7. The first-order valence-electron chi connectivity index (χ1n) is 6.06. The highest BCUT2D eigenvalue weighted by atomic mass is 16.4. The summed E-state index contributed by atoms with van der Waals surface area (Å²) in [7, 11) is 0. The molecule has 0 amide bonds. The third-order valence-electron chi connectivity index (χ3n) is 2.81. The lowest BCUT2D eigenvalue weighted by molar-refractivity contribution is 0.0697. The van der Waals surface area contributed by atoms with Crippen LogP contribution >= 0.6 is 0 Å². The number of hydrogen-bond acceptors (Lipinski definition) is 4. The molecule has 0 aromatic heterocycles. The third-order valence-corrected chi connectivity index (χ3v) is 2.81. The predicted molar refractivity (Wildman–Crippen MR) is 80.1 cm³/mol. The van der Waals surface area contributed by atoms with E-state index in [4.69, 9.17) is 10.8 Å². The van der Waals surface area contributed by atoms with Gasteiger partial charge < -0.3 is 10.8 Å². The summed E-state index contributed by atoms with van der Waals surface area (Å²) in [5.74, 6) is -0.946. The number of hydrazone groups is 1. The van der Waals surface area contributed by atoms with E-state index in [-0.39, 0.29) is 5.56 Å². The van der Waals surface area contributed by atoms with Crippen LogP contribution in [0, 0.1) is 0 Å². The van der Waals surface area contributed by atoms with Gasteiger partial charge in [-0.05, 0) is 48.9 Å². The summed E-state index contributed by atoms with van der Waals surface area (Å²) in [6.07, 6.45) is 0. The van der Waals surface area contributed by atoms with Gasteiger partial charge >= 0.3 is 5.97 Å².